The monoisotopic (exact) mass is 341 g/mol. The van der Waals surface area contributed by atoms with Crippen LogP contribution in [0.15, 0.2) is 34.1 Å². The molecule has 0 aliphatic heterocycles. The van der Waals surface area contributed by atoms with E-state index in [2.05, 4.69) is 15.9 Å². The van der Waals surface area contributed by atoms with E-state index >= 15 is 0 Å². The molecule has 2 nitrogen and oxygen atoms in total. The second kappa shape index (κ2) is 5.84. The fraction of sp³-hybridized carbons (Fsp3) is 0.214. The van der Waals surface area contributed by atoms with Gasteiger partial charge in [0.15, 0.2) is 5.78 Å². The van der Waals surface area contributed by atoms with Crippen LogP contribution in [-0.4, -0.2) is 12.8 Å². The standard InChI is InChI=1S/C14H13BrFNOS/c1-9(18)12-4-3-5-13(16)14(12)17(2)7-11-6-10(15)8-19-11/h3-6,8H,7H2,1-2H3. The molecule has 5 heteroatoms. The first kappa shape index (κ1) is 14.2. The Bertz CT molecular complexity index is 611. The molecule has 0 saturated heterocycles. The maximum absolute atomic E-state index is 14.0. The molecule has 100 valence electrons. The van der Waals surface area contributed by atoms with Crippen molar-refractivity contribution in [2.24, 2.45) is 0 Å². The lowest BCUT2D eigenvalue weighted by atomic mass is 10.1. The van der Waals surface area contributed by atoms with Crippen LogP contribution in [0.25, 0.3) is 0 Å². The third-order valence-corrected chi connectivity index (χ3v) is 4.44. The van der Waals surface area contributed by atoms with Crippen LogP contribution in [0.1, 0.15) is 22.2 Å². The lowest BCUT2D eigenvalue weighted by Gasteiger charge is -2.21. The van der Waals surface area contributed by atoms with Gasteiger partial charge in [-0.3, -0.25) is 4.79 Å². The summed E-state index contributed by atoms with van der Waals surface area (Å²) in [6.07, 6.45) is 0. The number of Topliss-reactive ketones (excluding diaryl/α,β-unsaturated/α-hetero) is 1. The summed E-state index contributed by atoms with van der Waals surface area (Å²) in [5.74, 6) is -0.500. The number of rotatable bonds is 4. The van der Waals surface area contributed by atoms with E-state index in [1.54, 1.807) is 35.4 Å². The van der Waals surface area contributed by atoms with Crippen LogP contribution in [0.4, 0.5) is 10.1 Å². The summed E-state index contributed by atoms with van der Waals surface area (Å²) in [5, 5.41) is 1.98. The van der Waals surface area contributed by atoms with Gasteiger partial charge in [-0.05, 0) is 41.1 Å². The summed E-state index contributed by atoms with van der Waals surface area (Å²) in [6.45, 7) is 2.02. The number of para-hydroxylation sites is 1. The second-order valence-corrected chi connectivity index (χ2v) is 6.19. The van der Waals surface area contributed by atoms with Crippen molar-refractivity contribution in [3.05, 3.63) is 50.4 Å². The summed E-state index contributed by atoms with van der Waals surface area (Å²) in [6, 6.07) is 6.59. The Balaban J connectivity index is 2.32. The zero-order valence-corrected chi connectivity index (χ0v) is 13.0. The van der Waals surface area contributed by atoms with Crippen molar-refractivity contribution in [2.45, 2.75) is 13.5 Å². The van der Waals surface area contributed by atoms with Crippen molar-refractivity contribution in [2.75, 3.05) is 11.9 Å². The van der Waals surface area contributed by atoms with E-state index in [1.807, 2.05) is 11.4 Å². The fourth-order valence-electron chi connectivity index (χ4n) is 1.94. The lowest BCUT2D eigenvalue weighted by molar-refractivity contribution is 0.101. The van der Waals surface area contributed by atoms with E-state index in [-0.39, 0.29) is 11.6 Å². The molecule has 0 radical (unpaired) electrons. The van der Waals surface area contributed by atoms with Gasteiger partial charge in [0.05, 0.1) is 12.2 Å². The third-order valence-electron chi connectivity index (χ3n) is 2.76. The molecule has 1 heterocycles. The van der Waals surface area contributed by atoms with Crippen molar-refractivity contribution in [3.63, 3.8) is 0 Å². The quantitative estimate of drug-likeness (QED) is 0.763. The average Bonchev–Trinajstić information content (AvgIpc) is 2.74. The number of thiophene rings is 1. The van der Waals surface area contributed by atoms with Gasteiger partial charge in [0.1, 0.15) is 5.82 Å². The Morgan fingerprint density at radius 2 is 2.21 bits per heavy atom. The smallest absolute Gasteiger partial charge is 0.161 e. The number of nitrogens with zero attached hydrogens (tertiary/aromatic N) is 1. The summed E-state index contributed by atoms with van der Waals surface area (Å²) in [5.41, 5.74) is 0.776. The molecule has 2 aromatic rings. The number of hydrogen-bond donors (Lipinski definition) is 0. The van der Waals surface area contributed by atoms with Crippen molar-refractivity contribution in [1.29, 1.82) is 0 Å². The molecule has 0 bridgehead atoms. The highest BCUT2D eigenvalue weighted by Crippen LogP contribution is 2.27. The lowest BCUT2D eigenvalue weighted by Crippen LogP contribution is -2.19. The summed E-state index contributed by atoms with van der Waals surface area (Å²) in [7, 11) is 1.79. The van der Waals surface area contributed by atoms with Crippen LogP contribution >= 0.6 is 27.3 Å². The van der Waals surface area contributed by atoms with E-state index in [1.165, 1.54) is 13.0 Å². The minimum absolute atomic E-state index is 0.131. The summed E-state index contributed by atoms with van der Waals surface area (Å²) >= 11 is 4.99. The first-order chi connectivity index (χ1) is 8.99. The van der Waals surface area contributed by atoms with Crippen molar-refractivity contribution < 1.29 is 9.18 Å². The normalized spacial score (nSPS) is 10.5. The zero-order chi connectivity index (χ0) is 14.0. The van der Waals surface area contributed by atoms with Crippen molar-refractivity contribution in [3.8, 4) is 0 Å². The maximum atomic E-state index is 14.0. The maximum Gasteiger partial charge on any atom is 0.161 e. The molecular weight excluding hydrogens is 329 g/mol. The number of carbonyl (C=O) groups is 1. The van der Waals surface area contributed by atoms with Gasteiger partial charge in [-0.25, -0.2) is 4.39 Å². The predicted molar refractivity (Wildman–Crippen MR) is 80.5 cm³/mol. The van der Waals surface area contributed by atoms with Crippen LogP contribution in [0.5, 0.6) is 0 Å². The molecule has 19 heavy (non-hydrogen) atoms. The van der Waals surface area contributed by atoms with E-state index in [9.17, 15) is 9.18 Å². The van der Waals surface area contributed by atoms with Crippen LogP contribution in [0.2, 0.25) is 0 Å². The molecule has 0 aliphatic rings. The van der Waals surface area contributed by atoms with Crippen LogP contribution in [0.3, 0.4) is 0 Å². The first-order valence-electron chi connectivity index (χ1n) is 5.72. The molecular formula is C14H13BrFNOS. The molecule has 0 atom stereocenters. The Hall–Kier alpha value is -1.20. The molecule has 2 rings (SSSR count). The zero-order valence-electron chi connectivity index (χ0n) is 10.6. The van der Waals surface area contributed by atoms with Gasteiger partial charge >= 0.3 is 0 Å². The van der Waals surface area contributed by atoms with Gasteiger partial charge < -0.3 is 4.90 Å². The molecule has 0 fully saturated rings. The molecule has 0 spiro atoms. The van der Waals surface area contributed by atoms with Crippen LogP contribution in [-0.2, 0) is 6.54 Å². The van der Waals surface area contributed by atoms with Crippen molar-refractivity contribution >= 4 is 38.7 Å². The number of benzene rings is 1. The van der Waals surface area contributed by atoms with E-state index in [4.69, 9.17) is 0 Å². The molecule has 1 aromatic carbocycles. The fourth-order valence-corrected chi connectivity index (χ4v) is 3.44. The SMILES string of the molecule is CC(=O)c1cccc(F)c1N(C)Cc1cc(Br)cs1. The van der Waals surface area contributed by atoms with Crippen LogP contribution in [0, 0.1) is 5.82 Å². The van der Waals surface area contributed by atoms with E-state index in [0.717, 1.165) is 9.35 Å². The summed E-state index contributed by atoms with van der Waals surface area (Å²) < 4.78 is 15.0. The highest BCUT2D eigenvalue weighted by atomic mass is 79.9. The van der Waals surface area contributed by atoms with Gasteiger partial charge in [-0.1, -0.05) is 6.07 Å². The Kier molecular flexibility index (Phi) is 4.37. The topological polar surface area (TPSA) is 20.3 Å². The number of carbonyl (C=O) groups excluding carboxylic acids is 1. The van der Waals surface area contributed by atoms with Gasteiger partial charge in [-0.15, -0.1) is 11.3 Å². The Morgan fingerprint density at radius 3 is 2.79 bits per heavy atom. The van der Waals surface area contributed by atoms with E-state index < -0.39 is 0 Å². The Morgan fingerprint density at radius 1 is 1.47 bits per heavy atom. The first-order valence-corrected chi connectivity index (χ1v) is 7.40. The van der Waals surface area contributed by atoms with Gasteiger partial charge in [0, 0.05) is 27.3 Å². The number of anilines is 1. The van der Waals surface area contributed by atoms with Gasteiger partial charge in [-0.2, -0.15) is 0 Å². The van der Waals surface area contributed by atoms with Gasteiger partial charge in [0.25, 0.3) is 0 Å². The predicted octanol–water partition coefficient (Wildman–Crippen LogP) is 4.49. The molecule has 1 aromatic heterocycles. The molecule has 0 saturated carbocycles. The molecule has 0 unspecified atom stereocenters. The number of hydrogen-bond acceptors (Lipinski definition) is 3. The molecule has 0 amide bonds. The second-order valence-electron chi connectivity index (χ2n) is 4.28. The number of ketones is 1. The largest absolute Gasteiger partial charge is 0.366 e. The Labute approximate surface area is 124 Å². The highest BCUT2D eigenvalue weighted by molar-refractivity contribution is 9.10. The van der Waals surface area contributed by atoms with E-state index in [0.29, 0.717) is 17.8 Å². The highest BCUT2D eigenvalue weighted by Gasteiger charge is 2.16. The minimum atomic E-state index is -0.370. The molecule has 0 aliphatic carbocycles. The number of halogens is 2. The van der Waals surface area contributed by atoms with Gasteiger partial charge in [0.2, 0.25) is 0 Å². The average molecular weight is 342 g/mol. The molecule has 0 N–H and O–H groups in total. The minimum Gasteiger partial charge on any atom is -0.366 e. The van der Waals surface area contributed by atoms with Crippen molar-refractivity contribution in [1.82, 2.24) is 0 Å². The third kappa shape index (κ3) is 3.22. The summed E-state index contributed by atoms with van der Waals surface area (Å²) in [4.78, 5) is 14.5. The van der Waals surface area contributed by atoms with Crippen LogP contribution < -0.4 is 4.90 Å².